The van der Waals surface area contributed by atoms with Crippen LogP contribution in [0.1, 0.15) is 5.56 Å². The molecule has 2 aromatic carbocycles. The van der Waals surface area contributed by atoms with Crippen LogP contribution in [0.25, 0.3) is 16.2 Å². The molecule has 0 aliphatic rings. The summed E-state index contributed by atoms with van der Waals surface area (Å²) in [6.45, 7) is 0. The van der Waals surface area contributed by atoms with E-state index in [1.807, 2.05) is 66.9 Å². The fraction of sp³-hybridized carbons (Fsp3) is 0.0455. The van der Waals surface area contributed by atoms with E-state index in [-0.39, 0.29) is 0 Å². The molecule has 0 spiro atoms. The highest BCUT2D eigenvalue weighted by atomic mass is 35.5. The molecule has 5 rings (SSSR count). The van der Waals surface area contributed by atoms with Crippen molar-refractivity contribution in [2.45, 2.75) is 10.1 Å². The predicted octanol–water partition coefficient (Wildman–Crippen LogP) is 4.65. The monoisotopic (exact) mass is 467 g/mol. The number of benzene rings is 2. The van der Waals surface area contributed by atoms with Crippen molar-refractivity contribution in [1.82, 2.24) is 19.6 Å². The molecule has 6 nitrogen and oxygen atoms in total. The lowest BCUT2D eigenvalue weighted by molar-refractivity contribution is -0.288. The highest BCUT2D eigenvalue weighted by Gasteiger charge is 2.15. The van der Waals surface area contributed by atoms with Crippen LogP contribution in [0.15, 0.2) is 83.6 Å². The second-order valence-corrected chi connectivity index (χ2v) is 9.72. The van der Waals surface area contributed by atoms with E-state index in [2.05, 4.69) is 15.1 Å². The Hall–Kier alpha value is -3.07. The van der Waals surface area contributed by atoms with Gasteiger partial charge in [0.25, 0.3) is 0 Å². The van der Waals surface area contributed by atoms with E-state index in [0.29, 0.717) is 15.1 Å². The average Bonchev–Trinajstić information content (AvgIpc) is 3.36. The van der Waals surface area contributed by atoms with Crippen LogP contribution in [0.5, 0.6) is 11.5 Å². The fourth-order valence-corrected chi connectivity index (χ4v) is 5.26. The molecule has 0 saturated carbocycles. The van der Waals surface area contributed by atoms with E-state index < -0.39 is 10.8 Å². The number of pyridine rings is 1. The molecule has 1 atom stereocenters. The highest BCUT2D eigenvalue weighted by molar-refractivity contribution is 7.86. The molecule has 0 radical (unpaired) electrons. The van der Waals surface area contributed by atoms with Gasteiger partial charge in [-0.25, -0.2) is 9.50 Å². The number of halogens is 1. The maximum atomic E-state index is 12.6. The Morgan fingerprint density at radius 3 is 2.32 bits per heavy atom. The summed E-state index contributed by atoms with van der Waals surface area (Å²) >= 11 is 6.43. The number of nitrogens with zero attached hydrogens (tertiary/aromatic N) is 4. The zero-order valence-electron chi connectivity index (χ0n) is 16.0. The molecule has 0 N–H and O–H groups in total. The van der Waals surface area contributed by atoms with E-state index >= 15 is 0 Å². The number of ether oxygens (including phenoxy) is 1. The lowest BCUT2D eigenvalue weighted by Crippen LogP contribution is -1.97. The summed E-state index contributed by atoms with van der Waals surface area (Å²) in [6.07, 6.45) is 5.23. The normalized spacial score (nSPS) is 12.2. The number of aromatic nitrogens is 4. The molecule has 0 amide bonds. The Kier molecular flexibility index (Phi) is 5.50. The van der Waals surface area contributed by atoms with Crippen molar-refractivity contribution in [3.63, 3.8) is 0 Å². The summed E-state index contributed by atoms with van der Waals surface area (Å²) < 4.78 is 20.7. The largest absolute Gasteiger partial charge is 0.457 e. The van der Waals surface area contributed by atoms with Gasteiger partial charge in [0.1, 0.15) is 11.5 Å². The van der Waals surface area contributed by atoms with E-state index in [1.165, 1.54) is 11.3 Å². The van der Waals surface area contributed by atoms with Gasteiger partial charge >= 0.3 is 0 Å². The van der Waals surface area contributed by atoms with Gasteiger partial charge in [-0.3, -0.25) is 9.19 Å². The molecule has 154 valence electrons. The van der Waals surface area contributed by atoms with E-state index in [4.69, 9.17) is 16.3 Å². The number of hydrogen-bond acceptors (Lipinski definition) is 6. The van der Waals surface area contributed by atoms with Crippen molar-refractivity contribution >= 4 is 27.1 Å². The Bertz CT molecular complexity index is 1320. The zero-order valence-corrected chi connectivity index (χ0v) is 18.5. The van der Waals surface area contributed by atoms with E-state index in [1.54, 1.807) is 16.9 Å². The van der Waals surface area contributed by atoms with Gasteiger partial charge in [0.15, 0.2) is 11.6 Å². The second-order valence-electron chi connectivity index (χ2n) is 6.66. The quantitative estimate of drug-likeness (QED) is 0.363. The van der Waals surface area contributed by atoms with Gasteiger partial charge in [0.05, 0.1) is 28.4 Å². The minimum atomic E-state index is -1.22. The molecule has 5 aromatic rings. The van der Waals surface area contributed by atoms with Crippen molar-refractivity contribution < 1.29 is 20.5 Å². The second kappa shape index (κ2) is 8.58. The van der Waals surface area contributed by atoms with Crippen molar-refractivity contribution in [2.24, 2.45) is 0 Å². The van der Waals surface area contributed by atoms with Gasteiger partial charge in [0.2, 0.25) is 14.3 Å². The van der Waals surface area contributed by atoms with Crippen LogP contribution in [0.2, 0.25) is 5.02 Å². The van der Waals surface area contributed by atoms with E-state index in [9.17, 15) is 4.21 Å². The molecular formula is C22H16ClN4O2S2+. The first kappa shape index (κ1) is 19.9. The van der Waals surface area contributed by atoms with Crippen LogP contribution in [-0.4, -0.2) is 23.8 Å². The van der Waals surface area contributed by atoms with Crippen molar-refractivity contribution in [3.8, 4) is 22.8 Å². The lowest BCUT2D eigenvalue weighted by atomic mass is 10.2. The molecule has 0 aliphatic carbocycles. The SMILES string of the molecule is O=S(Cc1ccncc1)c1nn2cc(-c3ccc(Oc4ccc([ClH+])cc4)cc3)nc2s1. The van der Waals surface area contributed by atoms with Gasteiger partial charge in [-0.1, -0.05) is 11.3 Å². The van der Waals surface area contributed by atoms with Crippen LogP contribution in [0, 0.1) is 11.6 Å². The number of rotatable bonds is 6. The molecule has 0 saturated heterocycles. The third-order valence-corrected chi connectivity index (χ3v) is 7.34. The Morgan fingerprint density at radius 2 is 1.65 bits per heavy atom. The van der Waals surface area contributed by atoms with Gasteiger partial charge in [-0.05, 0) is 54.1 Å². The first-order valence-corrected chi connectivity index (χ1v) is 11.9. The lowest BCUT2D eigenvalue weighted by Gasteiger charge is -2.05. The topological polar surface area (TPSA) is 69.4 Å². The summed E-state index contributed by atoms with van der Waals surface area (Å²) in [6, 6.07) is 18.8. The minimum absolute atomic E-state index is 0.405. The molecule has 0 aliphatic heterocycles. The maximum Gasteiger partial charge on any atom is 0.225 e. The third kappa shape index (κ3) is 4.51. The summed E-state index contributed by atoms with van der Waals surface area (Å²) in [7, 11) is -1.22. The molecule has 9 heteroatoms. The number of hydrogen-bond donors (Lipinski definition) is 0. The Morgan fingerprint density at radius 1 is 0.968 bits per heavy atom. The smallest absolute Gasteiger partial charge is 0.225 e. The van der Waals surface area contributed by atoms with Crippen LogP contribution in [0.4, 0.5) is 0 Å². The van der Waals surface area contributed by atoms with Gasteiger partial charge in [-0.15, -0.1) is 5.10 Å². The molecule has 3 aromatic heterocycles. The summed E-state index contributed by atoms with van der Waals surface area (Å²) in [4.78, 5) is 9.33. The van der Waals surface area contributed by atoms with Crippen LogP contribution in [0.3, 0.4) is 0 Å². The zero-order chi connectivity index (χ0) is 21.2. The van der Waals surface area contributed by atoms with Crippen molar-refractivity contribution in [1.29, 1.82) is 0 Å². The van der Waals surface area contributed by atoms with Gasteiger partial charge in [-0.2, -0.15) is 0 Å². The maximum absolute atomic E-state index is 12.6. The van der Waals surface area contributed by atoms with Gasteiger partial charge in [0, 0.05) is 30.1 Å². The average molecular weight is 468 g/mol. The van der Waals surface area contributed by atoms with Crippen LogP contribution in [-0.2, 0) is 16.6 Å². The van der Waals surface area contributed by atoms with Crippen molar-refractivity contribution in [2.75, 3.05) is 0 Å². The molecule has 31 heavy (non-hydrogen) atoms. The molecule has 0 bridgehead atoms. The summed E-state index contributed by atoms with van der Waals surface area (Å²) in [5.74, 6) is 1.87. The Balaban J connectivity index is 1.31. The molecular weight excluding hydrogens is 452 g/mol. The summed E-state index contributed by atoms with van der Waals surface area (Å²) in [5.41, 5.74) is 2.71. The number of fused-ring (bicyclic) bond motifs is 1. The Labute approximate surface area is 189 Å². The molecule has 1 unspecified atom stereocenters. The fourth-order valence-electron chi connectivity index (χ4n) is 2.94. The molecule has 0 fully saturated rings. The predicted molar refractivity (Wildman–Crippen MR) is 118 cm³/mol. The summed E-state index contributed by atoms with van der Waals surface area (Å²) in [5, 5.41) is 5.24. The van der Waals surface area contributed by atoms with E-state index in [0.717, 1.165) is 33.3 Å². The first-order valence-electron chi connectivity index (χ1n) is 9.33. The first-order chi connectivity index (χ1) is 15.1. The molecule has 3 heterocycles. The minimum Gasteiger partial charge on any atom is -0.457 e. The van der Waals surface area contributed by atoms with Crippen LogP contribution >= 0.6 is 11.3 Å². The number of imidazole rings is 1. The van der Waals surface area contributed by atoms with Gasteiger partial charge < -0.3 is 4.74 Å². The standard InChI is InChI=1S/C22H16ClN4O2S2/c23-17-3-7-19(8-4-17)29-18-5-1-16(2-6-18)20-13-27-21(25-20)30-22(26-27)31(28)14-15-9-11-24-12-10-15/h1-13,23H,14H2/q+1. The van der Waals surface area contributed by atoms with Crippen molar-refractivity contribution in [3.05, 3.63) is 89.8 Å². The highest BCUT2D eigenvalue weighted by Crippen LogP contribution is 2.28. The third-order valence-electron chi connectivity index (χ3n) is 4.48. The van der Waals surface area contributed by atoms with Crippen LogP contribution < -0.4 is 4.74 Å².